The molecule has 0 spiro atoms. The van der Waals surface area contributed by atoms with Crippen molar-refractivity contribution in [3.8, 4) is 11.4 Å². The van der Waals surface area contributed by atoms with Gasteiger partial charge in [-0.05, 0) is 24.6 Å². The topological polar surface area (TPSA) is 104 Å². The summed E-state index contributed by atoms with van der Waals surface area (Å²) in [5, 5.41) is 8.71. The summed E-state index contributed by atoms with van der Waals surface area (Å²) in [6.45, 7) is 1.88. The number of likely N-dealkylation sites (N-methyl/N-ethyl adjacent to an activating group) is 1. The highest BCUT2D eigenvalue weighted by Gasteiger charge is 2.25. The van der Waals surface area contributed by atoms with E-state index >= 15 is 0 Å². The number of nitrogens with zero attached hydrogens (tertiary/aromatic N) is 6. The van der Waals surface area contributed by atoms with E-state index in [4.69, 9.17) is 0 Å². The van der Waals surface area contributed by atoms with Crippen molar-refractivity contribution in [1.82, 2.24) is 34.4 Å². The Labute approximate surface area is 194 Å². The molecule has 4 aromatic heterocycles. The first-order valence-electron chi connectivity index (χ1n) is 10.8. The lowest BCUT2D eigenvalue weighted by atomic mass is 10.0. The van der Waals surface area contributed by atoms with Crippen molar-refractivity contribution in [2.75, 3.05) is 19.4 Å². The van der Waals surface area contributed by atoms with Crippen LogP contribution in [0.15, 0.2) is 55.1 Å². The van der Waals surface area contributed by atoms with E-state index in [1.54, 1.807) is 24.8 Å². The number of pyridine rings is 1. The molecule has 1 amide bonds. The lowest BCUT2D eigenvalue weighted by Gasteiger charge is -2.22. The Morgan fingerprint density at radius 2 is 2.03 bits per heavy atom. The summed E-state index contributed by atoms with van der Waals surface area (Å²) in [7, 11) is 3.42. The number of H-pyrrole nitrogens is 1. The molecule has 4 heterocycles. The Morgan fingerprint density at radius 3 is 2.82 bits per heavy atom. The molecule has 10 heteroatoms. The van der Waals surface area contributed by atoms with Gasteiger partial charge in [0.1, 0.15) is 11.9 Å². The number of anilines is 1. The van der Waals surface area contributed by atoms with Crippen LogP contribution in [0.3, 0.4) is 0 Å². The van der Waals surface area contributed by atoms with Crippen LogP contribution in [0.25, 0.3) is 27.9 Å². The van der Waals surface area contributed by atoms with Crippen molar-refractivity contribution >= 4 is 28.4 Å². The zero-order valence-electron chi connectivity index (χ0n) is 19.0. The molecule has 0 fully saturated rings. The largest absolute Gasteiger partial charge is 0.361 e. The predicted molar refractivity (Wildman–Crippen MR) is 127 cm³/mol. The van der Waals surface area contributed by atoms with Crippen LogP contribution < -0.4 is 5.32 Å². The average molecular weight is 459 g/mol. The molecule has 0 aliphatic rings. The van der Waals surface area contributed by atoms with E-state index in [0.717, 1.165) is 28.2 Å². The number of carbonyl (C=O) groups is 1. The van der Waals surface area contributed by atoms with Crippen LogP contribution in [0.5, 0.6) is 0 Å². The van der Waals surface area contributed by atoms with Crippen molar-refractivity contribution in [3.63, 3.8) is 0 Å². The van der Waals surface area contributed by atoms with Gasteiger partial charge in [-0.15, -0.1) is 0 Å². The quantitative estimate of drug-likeness (QED) is 0.405. The first kappa shape index (κ1) is 21.5. The molecule has 0 aliphatic heterocycles. The van der Waals surface area contributed by atoms with Gasteiger partial charge in [0.2, 0.25) is 11.9 Å². The molecule has 0 aliphatic carbocycles. The number of rotatable bonds is 6. The third-order valence-electron chi connectivity index (χ3n) is 5.65. The SMILES string of the molecule is Cc1cnn2c(NC(Cc3c[nH]c4ccccc34)C(=O)N(C)C)nc(-c3cncc(F)c3)nc12. The molecule has 34 heavy (non-hydrogen) atoms. The maximum Gasteiger partial charge on any atom is 0.244 e. The second-order valence-corrected chi connectivity index (χ2v) is 8.32. The van der Waals surface area contributed by atoms with Gasteiger partial charge >= 0.3 is 0 Å². The summed E-state index contributed by atoms with van der Waals surface area (Å²) in [5.74, 6) is 0.0155. The van der Waals surface area contributed by atoms with Crippen molar-refractivity contribution in [1.29, 1.82) is 0 Å². The Balaban J connectivity index is 1.58. The number of aromatic amines is 1. The number of aromatic nitrogens is 6. The third kappa shape index (κ3) is 3.94. The number of nitrogens with one attached hydrogen (secondary N) is 2. The molecule has 9 nitrogen and oxygen atoms in total. The lowest BCUT2D eigenvalue weighted by Crippen LogP contribution is -2.41. The Kier molecular flexibility index (Phi) is 5.40. The maximum absolute atomic E-state index is 13.8. The number of hydrogen-bond donors (Lipinski definition) is 2. The van der Waals surface area contributed by atoms with Crippen LogP contribution in [0, 0.1) is 12.7 Å². The molecular formula is C24H23FN8O. The fourth-order valence-corrected chi connectivity index (χ4v) is 3.93. The number of para-hydroxylation sites is 1. The van der Waals surface area contributed by atoms with Crippen LogP contribution in [-0.4, -0.2) is 60.5 Å². The van der Waals surface area contributed by atoms with Gasteiger partial charge in [-0.1, -0.05) is 18.2 Å². The molecule has 2 N–H and O–H groups in total. The van der Waals surface area contributed by atoms with Crippen molar-refractivity contribution in [2.24, 2.45) is 0 Å². The molecule has 5 rings (SSSR count). The van der Waals surface area contributed by atoms with Gasteiger partial charge < -0.3 is 15.2 Å². The number of aryl methyl sites for hydroxylation is 1. The highest BCUT2D eigenvalue weighted by Crippen LogP contribution is 2.23. The maximum atomic E-state index is 13.8. The number of halogens is 1. The van der Waals surface area contributed by atoms with Crippen LogP contribution in [0.2, 0.25) is 0 Å². The van der Waals surface area contributed by atoms with Gasteiger partial charge in [-0.25, -0.2) is 9.37 Å². The molecular weight excluding hydrogens is 435 g/mol. The standard InChI is InChI=1S/C24H23FN8O/c1-14-10-28-33-22(14)30-21(16-8-17(25)13-26-11-16)31-24(33)29-20(23(34)32(2)3)9-15-12-27-19-7-5-4-6-18(15)19/h4-8,10-13,20,27H,9H2,1-3H3,(H,29,30,31). The minimum absolute atomic E-state index is 0.116. The molecule has 5 aromatic rings. The van der Waals surface area contributed by atoms with Gasteiger partial charge in [0.25, 0.3) is 0 Å². The normalized spacial score (nSPS) is 12.2. The minimum atomic E-state index is -0.629. The van der Waals surface area contributed by atoms with Gasteiger partial charge in [0.15, 0.2) is 11.5 Å². The first-order valence-corrected chi connectivity index (χ1v) is 10.8. The first-order chi connectivity index (χ1) is 16.4. The second-order valence-electron chi connectivity index (χ2n) is 8.32. The monoisotopic (exact) mass is 458 g/mol. The molecule has 0 bridgehead atoms. The zero-order chi connectivity index (χ0) is 23.8. The second kappa shape index (κ2) is 8.54. The predicted octanol–water partition coefficient (Wildman–Crippen LogP) is 3.23. The van der Waals surface area contributed by atoms with E-state index < -0.39 is 11.9 Å². The highest BCUT2D eigenvalue weighted by molar-refractivity contribution is 5.87. The average Bonchev–Trinajstić information content (AvgIpc) is 3.41. The lowest BCUT2D eigenvalue weighted by molar-refractivity contribution is -0.129. The molecule has 0 saturated carbocycles. The summed E-state index contributed by atoms with van der Waals surface area (Å²) in [5.41, 5.74) is 3.81. The van der Waals surface area contributed by atoms with Crippen LogP contribution >= 0.6 is 0 Å². The Morgan fingerprint density at radius 1 is 1.21 bits per heavy atom. The highest BCUT2D eigenvalue weighted by atomic mass is 19.1. The summed E-state index contributed by atoms with van der Waals surface area (Å²) in [4.78, 5) is 31.0. The van der Waals surface area contributed by atoms with Gasteiger partial charge in [-0.3, -0.25) is 9.78 Å². The molecule has 172 valence electrons. The number of carbonyl (C=O) groups excluding carboxylic acids is 1. The summed E-state index contributed by atoms with van der Waals surface area (Å²) in [6, 6.07) is 8.64. The number of amides is 1. The van der Waals surface area contributed by atoms with Crippen molar-refractivity contribution in [2.45, 2.75) is 19.4 Å². The zero-order valence-corrected chi connectivity index (χ0v) is 19.0. The number of benzene rings is 1. The van der Waals surface area contributed by atoms with Crippen LogP contribution in [0.4, 0.5) is 10.3 Å². The molecule has 1 atom stereocenters. The number of fused-ring (bicyclic) bond motifs is 2. The van der Waals surface area contributed by atoms with E-state index in [0.29, 0.717) is 23.6 Å². The van der Waals surface area contributed by atoms with E-state index in [1.165, 1.54) is 17.2 Å². The fourth-order valence-electron chi connectivity index (χ4n) is 3.93. The van der Waals surface area contributed by atoms with Crippen LogP contribution in [0.1, 0.15) is 11.1 Å². The Hall–Kier alpha value is -4.34. The summed E-state index contributed by atoms with van der Waals surface area (Å²) >= 11 is 0. The fraction of sp³-hybridized carbons (Fsp3) is 0.208. The van der Waals surface area contributed by atoms with E-state index in [2.05, 4.69) is 30.4 Å². The molecule has 1 unspecified atom stereocenters. The van der Waals surface area contributed by atoms with E-state index in [-0.39, 0.29) is 11.7 Å². The van der Waals surface area contributed by atoms with Gasteiger partial charge in [0, 0.05) is 54.9 Å². The Bertz CT molecular complexity index is 1510. The van der Waals surface area contributed by atoms with Crippen LogP contribution in [-0.2, 0) is 11.2 Å². The molecule has 1 aromatic carbocycles. The van der Waals surface area contributed by atoms with Gasteiger partial charge in [0.05, 0.1) is 12.4 Å². The van der Waals surface area contributed by atoms with E-state index in [9.17, 15) is 9.18 Å². The van der Waals surface area contributed by atoms with E-state index in [1.807, 2.05) is 37.4 Å². The van der Waals surface area contributed by atoms with Crippen molar-refractivity contribution < 1.29 is 9.18 Å². The summed E-state index contributed by atoms with van der Waals surface area (Å²) in [6.07, 6.45) is 6.63. The van der Waals surface area contributed by atoms with Gasteiger partial charge in [-0.2, -0.15) is 14.6 Å². The molecule has 0 saturated heterocycles. The number of hydrogen-bond acceptors (Lipinski definition) is 6. The minimum Gasteiger partial charge on any atom is -0.361 e. The summed E-state index contributed by atoms with van der Waals surface area (Å²) < 4.78 is 15.4. The molecule has 0 radical (unpaired) electrons. The third-order valence-corrected chi connectivity index (χ3v) is 5.65. The smallest absolute Gasteiger partial charge is 0.244 e. The van der Waals surface area contributed by atoms with Crippen molar-refractivity contribution in [3.05, 3.63) is 72.1 Å².